The van der Waals surface area contributed by atoms with Crippen molar-refractivity contribution in [3.8, 4) is 17.2 Å². The number of nitrogens with zero attached hydrogens (tertiary/aromatic N) is 4. The number of methoxy groups -OCH3 is 3. The zero-order valence-electron chi connectivity index (χ0n) is 19.9. The van der Waals surface area contributed by atoms with Crippen molar-refractivity contribution in [3.05, 3.63) is 47.3 Å². The predicted octanol–water partition coefficient (Wildman–Crippen LogP) is 2.35. The summed E-state index contributed by atoms with van der Waals surface area (Å²) < 4.78 is 16.4. The molecule has 0 bridgehead atoms. The molecule has 174 valence electrons. The fraction of sp³-hybridized carbons (Fsp3) is 0.500. The van der Waals surface area contributed by atoms with Gasteiger partial charge in [-0.05, 0) is 48.2 Å². The molecule has 0 spiro atoms. The van der Waals surface area contributed by atoms with Crippen molar-refractivity contribution < 1.29 is 14.2 Å². The number of aromatic nitrogens is 1. The van der Waals surface area contributed by atoms with Gasteiger partial charge in [0.05, 0.1) is 21.3 Å². The number of ether oxygens (including phenoxy) is 3. The quantitative estimate of drug-likeness (QED) is 0.498. The number of pyridine rings is 1. The predicted molar refractivity (Wildman–Crippen MR) is 127 cm³/mol. The van der Waals surface area contributed by atoms with Crippen molar-refractivity contribution in [2.75, 3.05) is 61.1 Å². The van der Waals surface area contributed by atoms with Crippen LogP contribution in [0.15, 0.2) is 35.6 Å². The number of piperazine rings is 1. The van der Waals surface area contributed by atoms with E-state index in [0.29, 0.717) is 17.2 Å². The first-order valence-electron chi connectivity index (χ1n) is 11.0. The van der Waals surface area contributed by atoms with Crippen LogP contribution in [0.5, 0.6) is 17.2 Å². The molecule has 2 heterocycles. The molecule has 0 atom stereocenters. The van der Waals surface area contributed by atoms with Crippen LogP contribution in [0, 0.1) is 6.92 Å². The average molecular weight is 442 g/mol. The van der Waals surface area contributed by atoms with Gasteiger partial charge in [-0.2, -0.15) is 0 Å². The third-order valence-corrected chi connectivity index (χ3v) is 5.83. The van der Waals surface area contributed by atoms with Crippen LogP contribution in [0.2, 0.25) is 0 Å². The van der Waals surface area contributed by atoms with E-state index in [-0.39, 0.29) is 0 Å². The molecule has 1 saturated heterocycles. The molecule has 1 aliphatic heterocycles. The van der Waals surface area contributed by atoms with Crippen molar-refractivity contribution in [1.29, 1.82) is 0 Å². The molecular weight excluding hydrogens is 406 g/mol. The summed E-state index contributed by atoms with van der Waals surface area (Å²) in [6.07, 6.45) is 4.72. The van der Waals surface area contributed by atoms with Gasteiger partial charge in [-0.3, -0.25) is 14.9 Å². The largest absolute Gasteiger partial charge is 0.493 e. The van der Waals surface area contributed by atoms with Crippen molar-refractivity contribution in [2.24, 2.45) is 4.99 Å². The number of guanidine groups is 1. The second-order valence-electron chi connectivity index (χ2n) is 7.82. The van der Waals surface area contributed by atoms with Gasteiger partial charge >= 0.3 is 0 Å². The summed E-state index contributed by atoms with van der Waals surface area (Å²) in [5.74, 6) is 2.97. The van der Waals surface area contributed by atoms with Gasteiger partial charge in [-0.25, -0.2) is 0 Å². The van der Waals surface area contributed by atoms with Gasteiger partial charge in [0.25, 0.3) is 0 Å². The molecule has 0 amide bonds. The van der Waals surface area contributed by atoms with Crippen molar-refractivity contribution >= 4 is 5.96 Å². The van der Waals surface area contributed by atoms with Crippen LogP contribution >= 0.6 is 0 Å². The van der Waals surface area contributed by atoms with E-state index in [9.17, 15) is 0 Å². The monoisotopic (exact) mass is 441 g/mol. The zero-order chi connectivity index (χ0) is 22.9. The summed E-state index contributed by atoms with van der Waals surface area (Å²) >= 11 is 0. The summed E-state index contributed by atoms with van der Waals surface area (Å²) in [7, 11) is 6.77. The molecule has 1 aromatic heterocycles. The van der Waals surface area contributed by atoms with E-state index in [1.54, 1.807) is 21.3 Å². The second-order valence-corrected chi connectivity index (χ2v) is 7.82. The van der Waals surface area contributed by atoms with E-state index in [4.69, 9.17) is 14.2 Å². The minimum atomic E-state index is 0.625. The van der Waals surface area contributed by atoms with Gasteiger partial charge in [0.1, 0.15) is 0 Å². The van der Waals surface area contributed by atoms with Gasteiger partial charge in [0.15, 0.2) is 17.5 Å². The number of hydrogen-bond donors (Lipinski definition) is 1. The highest BCUT2D eigenvalue weighted by Gasteiger charge is 2.21. The van der Waals surface area contributed by atoms with Crippen LogP contribution in [0.4, 0.5) is 0 Å². The Morgan fingerprint density at radius 1 is 1.06 bits per heavy atom. The summed E-state index contributed by atoms with van der Waals surface area (Å²) in [5.41, 5.74) is 3.69. The first kappa shape index (κ1) is 23.7. The van der Waals surface area contributed by atoms with Gasteiger partial charge in [-0.1, -0.05) is 0 Å². The van der Waals surface area contributed by atoms with Crippen LogP contribution < -0.4 is 19.5 Å². The van der Waals surface area contributed by atoms with Gasteiger partial charge in [0.2, 0.25) is 5.75 Å². The molecule has 8 nitrogen and oxygen atoms in total. The van der Waals surface area contributed by atoms with E-state index in [1.165, 1.54) is 11.1 Å². The standard InChI is InChI=1S/C24H35N5O3/c1-18-16-26-8-6-20(18)7-9-27-24(25-2)29-12-10-28(11-13-29)17-19-14-21(30-3)23(32-5)22(15-19)31-4/h6,8,14-16H,7,9-13,17H2,1-5H3,(H,25,27). The summed E-state index contributed by atoms with van der Waals surface area (Å²) in [6.45, 7) is 7.56. The molecule has 1 aliphatic rings. The van der Waals surface area contributed by atoms with Crippen LogP contribution in [0.3, 0.4) is 0 Å². The first-order valence-corrected chi connectivity index (χ1v) is 11.0. The lowest BCUT2D eigenvalue weighted by Crippen LogP contribution is -2.52. The Bertz CT molecular complexity index is 885. The number of rotatable bonds is 8. The molecule has 2 aromatic rings. The molecule has 32 heavy (non-hydrogen) atoms. The molecule has 1 fully saturated rings. The topological polar surface area (TPSA) is 71.5 Å². The van der Waals surface area contributed by atoms with E-state index >= 15 is 0 Å². The number of benzene rings is 1. The van der Waals surface area contributed by atoms with Crippen molar-refractivity contribution in [3.63, 3.8) is 0 Å². The lowest BCUT2D eigenvalue weighted by molar-refractivity contribution is 0.172. The van der Waals surface area contributed by atoms with Crippen molar-refractivity contribution in [1.82, 2.24) is 20.1 Å². The molecule has 3 rings (SSSR count). The van der Waals surface area contributed by atoms with E-state index in [0.717, 1.165) is 57.2 Å². The van der Waals surface area contributed by atoms with Crippen LogP contribution in [-0.2, 0) is 13.0 Å². The fourth-order valence-electron chi connectivity index (χ4n) is 4.03. The molecule has 1 N–H and O–H groups in total. The SMILES string of the molecule is CN=C(NCCc1ccncc1C)N1CCN(Cc2cc(OC)c(OC)c(OC)c2)CC1. The summed E-state index contributed by atoms with van der Waals surface area (Å²) in [4.78, 5) is 13.4. The maximum atomic E-state index is 5.49. The minimum Gasteiger partial charge on any atom is -0.493 e. The van der Waals surface area contributed by atoms with Gasteiger partial charge in [0, 0.05) is 58.7 Å². The Balaban J connectivity index is 1.52. The molecule has 8 heteroatoms. The molecule has 0 saturated carbocycles. The fourth-order valence-corrected chi connectivity index (χ4v) is 4.03. The lowest BCUT2D eigenvalue weighted by atomic mass is 10.1. The number of hydrogen-bond acceptors (Lipinski definition) is 6. The third kappa shape index (κ3) is 5.82. The molecule has 1 aromatic carbocycles. The lowest BCUT2D eigenvalue weighted by Gasteiger charge is -2.36. The maximum absolute atomic E-state index is 5.49. The molecule has 0 unspecified atom stereocenters. The van der Waals surface area contributed by atoms with E-state index < -0.39 is 0 Å². The Hall–Kier alpha value is -3.00. The maximum Gasteiger partial charge on any atom is 0.203 e. The highest BCUT2D eigenvalue weighted by Crippen LogP contribution is 2.38. The van der Waals surface area contributed by atoms with Crippen molar-refractivity contribution in [2.45, 2.75) is 19.9 Å². The Kier molecular flexibility index (Phi) is 8.56. The second kappa shape index (κ2) is 11.6. The Morgan fingerprint density at radius 2 is 1.75 bits per heavy atom. The Morgan fingerprint density at radius 3 is 2.31 bits per heavy atom. The van der Waals surface area contributed by atoms with Crippen LogP contribution in [-0.4, -0.2) is 81.8 Å². The normalized spacial score (nSPS) is 14.9. The van der Waals surface area contributed by atoms with Gasteiger partial charge in [-0.15, -0.1) is 0 Å². The number of aliphatic imine (C=N–C) groups is 1. The highest BCUT2D eigenvalue weighted by atomic mass is 16.5. The molecule has 0 radical (unpaired) electrons. The highest BCUT2D eigenvalue weighted by molar-refractivity contribution is 5.80. The summed E-state index contributed by atoms with van der Waals surface area (Å²) in [5, 5.41) is 3.51. The zero-order valence-corrected chi connectivity index (χ0v) is 19.9. The Labute approximate surface area is 191 Å². The molecular formula is C24H35N5O3. The smallest absolute Gasteiger partial charge is 0.203 e. The summed E-state index contributed by atoms with van der Waals surface area (Å²) in [6, 6.07) is 6.13. The van der Waals surface area contributed by atoms with Crippen LogP contribution in [0.25, 0.3) is 0 Å². The van der Waals surface area contributed by atoms with Gasteiger partial charge < -0.3 is 24.4 Å². The molecule has 0 aliphatic carbocycles. The van der Waals surface area contributed by atoms with E-state index in [1.807, 2.05) is 31.6 Å². The average Bonchev–Trinajstić information content (AvgIpc) is 2.83. The minimum absolute atomic E-state index is 0.625. The third-order valence-electron chi connectivity index (χ3n) is 5.83. The number of aryl methyl sites for hydroxylation is 1. The van der Waals surface area contributed by atoms with E-state index in [2.05, 4.69) is 38.1 Å². The first-order chi connectivity index (χ1) is 15.6. The van der Waals surface area contributed by atoms with Crippen LogP contribution in [0.1, 0.15) is 16.7 Å². The number of nitrogens with one attached hydrogen (secondary N) is 1.